The van der Waals surface area contributed by atoms with Gasteiger partial charge in [-0.3, -0.25) is 5.10 Å². The Labute approximate surface area is 130 Å². The number of guanidine groups is 1. The number of aromatic amines is 1. The molecule has 3 rings (SSSR count). The molecular formula is C13H15ClN6S. The maximum atomic E-state index is 6.26. The summed E-state index contributed by atoms with van der Waals surface area (Å²) in [6, 6.07) is 1.92. The third-order valence-electron chi connectivity index (χ3n) is 3.49. The summed E-state index contributed by atoms with van der Waals surface area (Å²) in [5, 5.41) is 18.2. The zero-order valence-electron chi connectivity index (χ0n) is 11.4. The molecule has 0 aliphatic heterocycles. The van der Waals surface area contributed by atoms with Crippen LogP contribution in [0.3, 0.4) is 0 Å². The second-order valence-electron chi connectivity index (χ2n) is 4.98. The van der Waals surface area contributed by atoms with Crippen molar-refractivity contribution in [2.45, 2.75) is 25.7 Å². The lowest BCUT2D eigenvalue weighted by atomic mass is 9.84. The second kappa shape index (κ2) is 5.50. The van der Waals surface area contributed by atoms with Gasteiger partial charge in [0.1, 0.15) is 0 Å². The maximum Gasteiger partial charge on any atom is 0.211 e. The van der Waals surface area contributed by atoms with Crippen molar-refractivity contribution in [1.82, 2.24) is 10.2 Å². The third kappa shape index (κ3) is 2.66. The first-order valence-electron chi connectivity index (χ1n) is 6.48. The first-order chi connectivity index (χ1) is 10.1. The van der Waals surface area contributed by atoms with Crippen molar-refractivity contribution in [3.05, 3.63) is 38.3 Å². The van der Waals surface area contributed by atoms with Crippen molar-refractivity contribution >= 4 is 34.6 Å². The summed E-state index contributed by atoms with van der Waals surface area (Å²) in [6.45, 7) is 1.97. The van der Waals surface area contributed by atoms with Crippen LogP contribution in [0.2, 0.25) is 5.02 Å². The van der Waals surface area contributed by atoms with Crippen molar-refractivity contribution in [1.29, 1.82) is 0 Å². The Hall–Kier alpha value is -1.86. The van der Waals surface area contributed by atoms with E-state index in [-0.39, 0.29) is 11.9 Å². The van der Waals surface area contributed by atoms with E-state index in [4.69, 9.17) is 23.1 Å². The number of nitrogens with two attached hydrogens (primary N) is 2. The Morgan fingerprint density at radius 2 is 2.29 bits per heavy atom. The minimum absolute atomic E-state index is 0.0542. The number of hydrogen-bond acceptors (Lipinski definition) is 4. The highest BCUT2D eigenvalue weighted by molar-refractivity contribution is 7.10. The van der Waals surface area contributed by atoms with E-state index in [1.165, 1.54) is 0 Å². The van der Waals surface area contributed by atoms with Crippen molar-refractivity contribution in [2.24, 2.45) is 21.7 Å². The van der Waals surface area contributed by atoms with Crippen LogP contribution in [0.25, 0.3) is 0 Å². The van der Waals surface area contributed by atoms with Gasteiger partial charge in [-0.2, -0.15) is 10.2 Å². The molecule has 6 nitrogen and oxygen atoms in total. The molecule has 1 atom stereocenters. The smallest absolute Gasteiger partial charge is 0.211 e. The average molecular weight is 323 g/mol. The second-order valence-corrected chi connectivity index (χ2v) is 6.33. The summed E-state index contributed by atoms with van der Waals surface area (Å²) in [7, 11) is 0. The van der Waals surface area contributed by atoms with Gasteiger partial charge in [0.25, 0.3) is 0 Å². The Morgan fingerprint density at radius 3 is 2.95 bits per heavy atom. The molecule has 0 radical (unpaired) electrons. The van der Waals surface area contributed by atoms with Crippen molar-refractivity contribution < 1.29 is 0 Å². The molecule has 2 heterocycles. The highest BCUT2D eigenvalue weighted by Gasteiger charge is 2.30. The number of aromatic nitrogens is 2. The molecule has 2 aromatic heterocycles. The summed E-state index contributed by atoms with van der Waals surface area (Å²) in [5.41, 5.74) is 14.6. The predicted octanol–water partition coefficient (Wildman–Crippen LogP) is 2.14. The standard InChI is InChI=1S/C13H15ClN6S/c1-6-11-9(18-17-6)4-7(12-8(14)2-3-21-12)5-10(11)19-20-13(15)16/h2-3,7H,4-5H2,1H3,(H,17,18)(H4,15,16,20). The van der Waals surface area contributed by atoms with E-state index in [1.54, 1.807) is 11.3 Å². The van der Waals surface area contributed by atoms with Crippen molar-refractivity contribution in [3.63, 3.8) is 0 Å². The summed E-state index contributed by atoms with van der Waals surface area (Å²) < 4.78 is 0. The van der Waals surface area contributed by atoms with Crippen LogP contribution < -0.4 is 11.5 Å². The summed E-state index contributed by atoms with van der Waals surface area (Å²) in [5.74, 6) is 0.196. The van der Waals surface area contributed by atoms with Gasteiger partial charge in [0.15, 0.2) is 0 Å². The SMILES string of the molecule is Cc1[nH]nc2c1C(=NN=C(N)N)CC(c1sccc1Cl)C2. The molecule has 0 aromatic carbocycles. The fraction of sp³-hybridized carbons (Fsp3) is 0.308. The average Bonchev–Trinajstić information content (AvgIpc) is 3.02. The van der Waals surface area contributed by atoms with E-state index in [9.17, 15) is 0 Å². The van der Waals surface area contributed by atoms with Gasteiger partial charge >= 0.3 is 0 Å². The summed E-state index contributed by atoms with van der Waals surface area (Å²) >= 11 is 7.91. The van der Waals surface area contributed by atoms with Crippen LogP contribution in [-0.2, 0) is 6.42 Å². The maximum absolute atomic E-state index is 6.26. The molecule has 0 bridgehead atoms. The van der Waals surface area contributed by atoms with E-state index in [2.05, 4.69) is 20.4 Å². The molecule has 0 fully saturated rings. The molecule has 1 aliphatic rings. The first-order valence-corrected chi connectivity index (χ1v) is 7.74. The summed E-state index contributed by atoms with van der Waals surface area (Å²) in [4.78, 5) is 1.15. The highest BCUT2D eigenvalue weighted by atomic mass is 35.5. The Kier molecular flexibility index (Phi) is 3.69. The van der Waals surface area contributed by atoms with Gasteiger partial charge < -0.3 is 11.5 Å². The van der Waals surface area contributed by atoms with Crippen molar-refractivity contribution in [3.8, 4) is 0 Å². The molecular weight excluding hydrogens is 308 g/mol. The van der Waals surface area contributed by atoms with Crippen molar-refractivity contribution in [2.75, 3.05) is 0 Å². The van der Waals surface area contributed by atoms with E-state index in [0.29, 0.717) is 0 Å². The van der Waals surface area contributed by atoms with Gasteiger partial charge in [0.05, 0.1) is 16.4 Å². The summed E-state index contributed by atoms with van der Waals surface area (Å²) in [6.07, 6.45) is 1.57. The van der Waals surface area contributed by atoms with E-state index in [1.807, 2.05) is 18.4 Å². The Bertz CT molecular complexity index is 725. The molecule has 1 aliphatic carbocycles. The molecule has 2 aromatic rings. The number of hydrogen-bond donors (Lipinski definition) is 3. The molecule has 0 saturated heterocycles. The minimum Gasteiger partial charge on any atom is -0.369 e. The van der Waals surface area contributed by atoms with Crippen LogP contribution in [-0.4, -0.2) is 21.9 Å². The minimum atomic E-state index is -0.0542. The Balaban J connectivity index is 2.03. The van der Waals surface area contributed by atoms with Gasteiger partial charge in [0.2, 0.25) is 5.96 Å². The molecule has 5 N–H and O–H groups in total. The van der Waals surface area contributed by atoms with E-state index in [0.717, 1.165) is 45.4 Å². The number of rotatable bonds is 2. The van der Waals surface area contributed by atoms with E-state index >= 15 is 0 Å². The Morgan fingerprint density at radius 1 is 1.48 bits per heavy atom. The number of H-pyrrole nitrogens is 1. The fourth-order valence-electron chi connectivity index (χ4n) is 2.64. The molecule has 0 saturated carbocycles. The normalized spacial score (nSPS) is 19.5. The lowest BCUT2D eigenvalue weighted by Gasteiger charge is -2.22. The zero-order valence-corrected chi connectivity index (χ0v) is 13.0. The molecule has 21 heavy (non-hydrogen) atoms. The van der Waals surface area contributed by atoms with Crippen LogP contribution in [0.1, 0.15) is 34.2 Å². The van der Waals surface area contributed by atoms with Crippen LogP contribution in [0.4, 0.5) is 0 Å². The van der Waals surface area contributed by atoms with E-state index < -0.39 is 0 Å². The lowest BCUT2D eigenvalue weighted by Crippen LogP contribution is -2.23. The quantitative estimate of drug-likeness (QED) is 0.448. The molecule has 1 unspecified atom stereocenters. The number of fused-ring (bicyclic) bond motifs is 1. The van der Waals surface area contributed by atoms with Gasteiger partial charge in [-0.05, 0) is 18.4 Å². The molecule has 110 valence electrons. The van der Waals surface area contributed by atoms with Crippen LogP contribution >= 0.6 is 22.9 Å². The largest absolute Gasteiger partial charge is 0.369 e. The molecule has 0 amide bonds. The molecule has 8 heteroatoms. The number of nitrogens with zero attached hydrogens (tertiary/aromatic N) is 3. The zero-order chi connectivity index (χ0) is 15.0. The van der Waals surface area contributed by atoms with Gasteiger partial charge in [-0.15, -0.1) is 16.4 Å². The number of thiophene rings is 1. The van der Waals surface area contributed by atoms with Gasteiger partial charge in [-0.25, -0.2) is 0 Å². The number of halogens is 1. The van der Waals surface area contributed by atoms with Crippen LogP contribution in [0, 0.1) is 6.92 Å². The van der Waals surface area contributed by atoms with Gasteiger partial charge in [-0.1, -0.05) is 11.6 Å². The van der Waals surface area contributed by atoms with Crippen LogP contribution in [0.5, 0.6) is 0 Å². The number of aryl methyl sites for hydroxylation is 1. The first kappa shape index (κ1) is 14.1. The third-order valence-corrected chi connectivity index (χ3v) is 5.01. The number of nitrogens with one attached hydrogen (secondary N) is 1. The fourth-order valence-corrected chi connectivity index (χ4v) is 3.96. The highest BCUT2D eigenvalue weighted by Crippen LogP contribution is 2.39. The topological polar surface area (TPSA) is 105 Å². The monoisotopic (exact) mass is 322 g/mol. The van der Waals surface area contributed by atoms with Gasteiger partial charge in [0, 0.05) is 34.9 Å². The van der Waals surface area contributed by atoms with Crippen LogP contribution in [0.15, 0.2) is 21.6 Å². The molecule has 0 spiro atoms. The lowest BCUT2D eigenvalue weighted by molar-refractivity contribution is 0.691. The predicted molar refractivity (Wildman–Crippen MR) is 86.1 cm³/mol.